The Morgan fingerprint density at radius 1 is 1.39 bits per heavy atom. The number of hydrogen-bond donors (Lipinski definition) is 0. The summed E-state index contributed by atoms with van der Waals surface area (Å²) < 4.78 is 6.24. The van der Waals surface area contributed by atoms with Gasteiger partial charge in [-0.2, -0.15) is 0 Å². The van der Waals surface area contributed by atoms with Crippen molar-refractivity contribution in [3.63, 3.8) is 0 Å². The van der Waals surface area contributed by atoms with Crippen LogP contribution in [0.15, 0.2) is 28.7 Å². The summed E-state index contributed by atoms with van der Waals surface area (Å²) in [6.45, 7) is 3.99. The van der Waals surface area contributed by atoms with Crippen LogP contribution in [0.3, 0.4) is 0 Å². The summed E-state index contributed by atoms with van der Waals surface area (Å²) in [5.74, 6) is 0.119. The van der Waals surface area contributed by atoms with Gasteiger partial charge < -0.3 is 9.64 Å². The summed E-state index contributed by atoms with van der Waals surface area (Å²) in [4.78, 5) is 14.2. The van der Waals surface area contributed by atoms with Crippen molar-refractivity contribution < 1.29 is 9.53 Å². The molecule has 1 saturated heterocycles. The molecule has 0 radical (unpaired) electrons. The molecule has 98 valence electrons. The second-order valence-corrected chi connectivity index (χ2v) is 5.65. The van der Waals surface area contributed by atoms with Crippen LogP contribution in [-0.2, 0) is 9.53 Å². The number of carbonyl (C=O) groups excluding carboxylic acids is 1. The van der Waals surface area contributed by atoms with E-state index >= 15 is 0 Å². The highest BCUT2D eigenvalue weighted by molar-refractivity contribution is 9.10. The molecule has 0 saturated carbocycles. The SMILES string of the molecule is CCOC(=O)C1CN(C)CC1c1ccc(Br)cc1. The van der Waals surface area contributed by atoms with Gasteiger partial charge in [-0.1, -0.05) is 28.1 Å². The minimum Gasteiger partial charge on any atom is -0.466 e. The predicted octanol–water partition coefficient (Wildman–Crippen LogP) is 2.66. The van der Waals surface area contributed by atoms with E-state index in [1.165, 1.54) is 5.56 Å². The van der Waals surface area contributed by atoms with Crippen LogP contribution in [0.25, 0.3) is 0 Å². The highest BCUT2D eigenvalue weighted by atomic mass is 79.9. The van der Waals surface area contributed by atoms with Gasteiger partial charge in [-0.3, -0.25) is 4.79 Å². The molecule has 1 heterocycles. The maximum atomic E-state index is 12.0. The van der Waals surface area contributed by atoms with Crippen molar-refractivity contribution in [3.05, 3.63) is 34.3 Å². The molecule has 0 aliphatic carbocycles. The van der Waals surface area contributed by atoms with Crippen LogP contribution >= 0.6 is 15.9 Å². The zero-order chi connectivity index (χ0) is 13.1. The summed E-state index contributed by atoms with van der Waals surface area (Å²) in [7, 11) is 2.05. The van der Waals surface area contributed by atoms with Gasteiger partial charge in [-0.05, 0) is 31.7 Å². The second kappa shape index (κ2) is 5.85. The smallest absolute Gasteiger partial charge is 0.310 e. The minimum atomic E-state index is -0.0743. The van der Waals surface area contributed by atoms with Gasteiger partial charge in [0, 0.05) is 23.5 Å². The van der Waals surface area contributed by atoms with Crippen molar-refractivity contribution in [1.29, 1.82) is 0 Å². The Morgan fingerprint density at radius 3 is 2.67 bits per heavy atom. The lowest BCUT2D eigenvalue weighted by Gasteiger charge is -2.17. The fraction of sp³-hybridized carbons (Fsp3) is 0.500. The van der Waals surface area contributed by atoms with Gasteiger partial charge in [0.15, 0.2) is 0 Å². The van der Waals surface area contributed by atoms with E-state index in [-0.39, 0.29) is 17.8 Å². The van der Waals surface area contributed by atoms with Gasteiger partial charge in [-0.15, -0.1) is 0 Å². The number of carbonyl (C=O) groups is 1. The highest BCUT2D eigenvalue weighted by Crippen LogP contribution is 2.33. The van der Waals surface area contributed by atoms with Crippen molar-refractivity contribution in [2.24, 2.45) is 5.92 Å². The number of halogens is 1. The lowest BCUT2D eigenvalue weighted by atomic mass is 9.89. The van der Waals surface area contributed by atoms with E-state index in [4.69, 9.17) is 4.74 Å². The molecule has 1 aliphatic heterocycles. The van der Waals surface area contributed by atoms with Gasteiger partial charge in [0.25, 0.3) is 0 Å². The van der Waals surface area contributed by atoms with Gasteiger partial charge in [0.1, 0.15) is 0 Å². The molecule has 1 aromatic carbocycles. The third kappa shape index (κ3) is 2.93. The number of likely N-dealkylation sites (N-methyl/N-ethyl adjacent to an activating group) is 1. The third-order valence-corrected chi connectivity index (χ3v) is 3.92. The maximum absolute atomic E-state index is 12.0. The number of nitrogens with zero attached hydrogens (tertiary/aromatic N) is 1. The standard InChI is InChI=1S/C14H18BrNO2/c1-3-18-14(17)13-9-16(2)8-12(13)10-4-6-11(15)7-5-10/h4-7,12-13H,3,8-9H2,1-2H3. The Labute approximate surface area is 116 Å². The first-order valence-electron chi connectivity index (χ1n) is 6.22. The summed E-state index contributed by atoms with van der Waals surface area (Å²) >= 11 is 3.43. The second-order valence-electron chi connectivity index (χ2n) is 4.74. The maximum Gasteiger partial charge on any atom is 0.310 e. The van der Waals surface area contributed by atoms with Crippen LogP contribution in [0.2, 0.25) is 0 Å². The Hall–Kier alpha value is -0.870. The lowest BCUT2D eigenvalue weighted by molar-refractivity contribution is -0.147. The molecule has 1 aliphatic rings. The third-order valence-electron chi connectivity index (χ3n) is 3.39. The molecule has 0 N–H and O–H groups in total. The number of benzene rings is 1. The number of rotatable bonds is 3. The molecule has 2 unspecified atom stereocenters. The molecule has 18 heavy (non-hydrogen) atoms. The fourth-order valence-electron chi connectivity index (χ4n) is 2.54. The first kappa shape index (κ1) is 13.6. The van der Waals surface area contributed by atoms with E-state index in [2.05, 4.69) is 33.0 Å². The monoisotopic (exact) mass is 311 g/mol. The molecular weight excluding hydrogens is 294 g/mol. The van der Waals surface area contributed by atoms with E-state index in [9.17, 15) is 4.79 Å². The molecule has 0 aromatic heterocycles. The number of likely N-dealkylation sites (tertiary alicyclic amines) is 1. The van der Waals surface area contributed by atoms with E-state index in [1.54, 1.807) is 0 Å². The topological polar surface area (TPSA) is 29.5 Å². The van der Waals surface area contributed by atoms with Crippen LogP contribution < -0.4 is 0 Å². The zero-order valence-electron chi connectivity index (χ0n) is 10.7. The average molecular weight is 312 g/mol. The van der Waals surface area contributed by atoms with E-state index < -0.39 is 0 Å². The average Bonchev–Trinajstić information content (AvgIpc) is 2.73. The lowest BCUT2D eigenvalue weighted by Crippen LogP contribution is -2.24. The van der Waals surface area contributed by atoms with Crippen molar-refractivity contribution in [2.45, 2.75) is 12.8 Å². The molecular formula is C14H18BrNO2. The van der Waals surface area contributed by atoms with Crippen molar-refractivity contribution >= 4 is 21.9 Å². The van der Waals surface area contributed by atoms with Crippen molar-refractivity contribution in [1.82, 2.24) is 4.90 Å². The van der Waals surface area contributed by atoms with Crippen LogP contribution in [0.1, 0.15) is 18.4 Å². The Bertz CT molecular complexity index is 418. The first-order valence-corrected chi connectivity index (χ1v) is 7.01. The molecule has 1 aromatic rings. The van der Waals surface area contributed by atoms with Crippen molar-refractivity contribution in [3.8, 4) is 0 Å². The van der Waals surface area contributed by atoms with E-state index in [0.717, 1.165) is 17.6 Å². The van der Waals surface area contributed by atoms with Gasteiger partial charge in [0.2, 0.25) is 0 Å². The quantitative estimate of drug-likeness (QED) is 0.804. The van der Waals surface area contributed by atoms with Crippen LogP contribution in [0.4, 0.5) is 0 Å². The van der Waals surface area contributed by atoms with Gasteiger partial charge in [0.05, 0.1) is 12.5 Å². The summed E-state index contributed by atoms with van der Waals surface area (Å²) in [5.41, 5.74) is 1.21. The molecule has 1 fully saturated rings. The predicted molar refractivity (Wildman–Crippen MR) is 74.5 cm³/mol. The van der Waals surface area contributed by atoms with Crippen LogP contribution in [-0.4, -0.2) is 37.6 Å². The number of hydrogen-bond acceptors (Lipinski definition) is 3. The normalized spacial score (nSPS) is 24.2. The van der Waals surface area contributed by atoms with E-state index in [1.807, 2.05) is 26.1 Å². The molecule has 2 rings (SSSR count). The molecule has 4 heteroatoms. The largest absolute Gasteiger partial charge is 0.466 e. The van der Waals surface area contributed by atoms with Crippen LogP contribution in [0, 0.1) is 5.92 Å². The Morgan fingerprint density at radius 2 is 2.06 bits per heavy atom. The Balaban J connectivity index is 2.19. The van der Waals surface area contributed by atoms with Gasteiger partial charge in [-0.25, -0.2) is 0 Å². The molecule has 0 amide bonds. The summed E-state index contributed by atoms with van der Waals surface area (Å²) in [5, 5.41) is 0. The number of esters is 1. The number of ether oxygens (including phenoxy) is 1. The first-order chi connectivity index (χ1) is 8.61. The molecule has 3 nitrogen and oxygen atoms in total. The minimum absolute atomic E-state index is 0.0453. The molecule has 0 bridgehead atoms. The summed E-state index contributed by atoms with van der Waals surface area (Å²) in [6.07, 6.45) is 0. The van der Waals surface area contributed by atoms with Crippen molar-refractivity contribution in [2.75, 3.05) is 26.7 Å². The molecule has 0 spiro atoms. The van der Waals surface area contributed by atoms with E-state index in [0.29, 0.717) is 6.61 Å². The highest BCUT2D eigenvalue weighted by Gasteiger charge is 2.37. The summed E-state index contributed by atoms with van der Waals surface area (Å²) in [6, 6.07) is 8.21. The van der Waals surface area contributed by atoms with Crippen LogP contribution in [0.5, 0.6) is 0 Å². The fourth-order valence-corrected chi connectivity index (χ4v) is 2.80. The van der Waals surface area contributed by atoms with Gasteiger partial charge >= 0.3 is 5.97 Å². The zero-order valence-corrected chi connectivity index (χ0v) is 12.3. The Kier molecular flexibility index (Phi) is 4.40. The molecule has 2 atom stereocenters.